The van der Waals surface area contributed by atoms with E-state index in [-0.39, 0.29) is 5.69 Å². The Bertz CT molecular complexity index is 491. The van der Waals surface area contributed by atoms with Crippen molar-refractivity contribution in [3.8, 4) is 0 Å². The highest BCUT2D eigenvalue weighted by Gasteiger charge is 2.41. The maximum Gasteiger partial charge on any atom is 0.341 e. The van der Waals surface area contributed by atoms with Gasteiger partial charge in [-0.1, -0.05) is 27.7 Å². The zero-order valence-electron chi connectivity index (χ0n) is 12.8. The Kier molecular flexibility index (Phi) is 8.88. The summed E-state index contributed by atoms with van der Waals surface area (Å²) in [7, 11) is 0. The van der Waals surface area contributed by atoms with Gasteiger partial charge in [-0.3, -0.25) is 4.79 Å². The van der Waals surface area contributed by atoms with Crippen molar-refractivity contribution in [2.75, 3.05) is 5.32 Å². The van der Waals surface area contributed by atoms with Crippen LogP contribution in [-0.4, -0.2) is 23.2 Å². The van der Waals surface area contributed by atoms with Crippen molar-refractivity contribution < 1.29 is 28.3 Å². The minimum absolute atomic E-state index is 0.163. The summed E-state index contributed by atoms with van der Waals surface area (Å²) < 4.78 is 25.7. The SMILES string of the molecule is CC.CC.O=C(Nc1cc(F)cc(F)c1)C1C(=O)ONC1O. The van der Waals surface area contributed by atoms with Crippen molar-refractivity contribution >= 4 is 17.6 Å². The van der Waals surface area contributed by atoms with Crippen molar-refractivity contribution in [1.29, 1.82) is 0 Å². The third-order valence-corrected chi connectivity index (χ3v) is 2.26. The first-order valence-corrected chi connectivity index (χ1v) is 6.88. The van der Waals surface area contributed by atoms with Crippen LogP contribution in [0, 0.1) is 17.6 Å². The van der Waals surface area contributed by atoms with Crippen LogP contribution in [0.15, 0.2) is 18.2 Å². The number of carbonyl (C=O) groups excluding carboxylic acids is 2. The molecule has 1 heterocycles. The van der Waals surface area contributed by atoms with Crippen LogP contribution >= 0.6 is 0 Å². The average Bonchev–Trinajstić information content (AvgIpc) is 2.81. The Morgan fingerprint density at radius 3 is 2.09 bits per heavy atom. The van der Waals surface area contributed by atoms with Crippen LogP contribution in [0.3, 0.4) is 0 Å². The molecule has 1 amide bonds. The van der Waals surface area contributed by atoms with Gasteiger partial charge in [-0.2, -0.15) is 0 Å². The molecule has 0 aromatic heterocycles. The second-order valence-corrected chi connectivity index (χ2v) is 3.61. The maximum atomic E-state index is 12.9. The second kappa shape index (κ2) is 9.80. The Hall–Kier alpha value is -2.06. The summed E-state index contributed by atoms with van der Waals surface area (Å²) in [5.74, 6) is -5.15. The Balaban J connectivity index is 0.00000102. The van der Waals surface area contributed by atoms with E-state index in [1.807, 2.05) is 33.2 Å². The molecule has 2 atom stereocenters. The molecule has 1 aromatic carbocycles. The number of benzene rings is 1. The number of aliphatic hydroxyl groups is 1. The fourth-order valence-electron chi connectivity index (χ4n) is 1.48. The molecule has 1 aliphatic rings. The summed E-state index contributed by atoms with van der Waals surface area (Å²) >= 11 is 0. The Morgan fingerprint density at radius 1 is 1.18 bits per heavy atom. The van der Waals surface area contributed by atoms with E-state index in [0.717, 1.165) is 12.1 Å². The number of rotatable bonds is 2. The molecule has 8 heteroatoms. The second-order valence-electron chi connectivity index (χ2n) is 3.61. The van der Waals surface area contributed by atoms with Crippen LogP contribution in [0.4, 0.5) is 14.5 Å². The fraction of sp³-hybridized carbons (Fsp3) is 0.429. The van der Waals surface area contributed by atoms with E-state index < -0.39 is 35.7 Å². The molecule has 0 saturated carbocycles. The number of amides is 1. The van der Waals surface area contributed by atoms with Gasteiger partial charge in [-0.25, -0.2) is 13.6 Å². The summed E-state index contributed by atoms with van der Waals surface area (Å²) in [5.41, 5.74) is 1.74. The van der Waals surface area contributed by atoms with Crippen LogP contribution in [0.25, 0.3) is 0 Å². The molecule has 22 heavy (non-hydrogen) atoms. The number of hydroxylamine groups is 1. The molecular weight excluding hydrogens is 298 g/mol. The molecule has 0 bridgehead atoms. The number of hydrogen-bond acceptors (Lipinski definition) is 5. The van der Waals surface area contributed by atoms with Gasteiger partial charge >= 0.3 is 5.97 Å². The Morgan fingerprint density at radius 2 is 1.68 bits per heavy atom. The lowest BCUT2D eigenvalue weighted by Crippen LogP contribution is -2.36. The standard InChI is InChI=1S/C10H8F2N2O4.2C2H6/c11-4-1-5(12)3-6(2-4)13-8(15)7-9(16)14-18-10(7)17;2*1-2/h1-3,7,9,14,16H,(H,13,15);2*1-2H3. The number of halogens is 2. The van der Waals surface area contributed by atoms with Gasteiger partial charge in [0, 0.05) is 11.8 Å². The molecule has 124 valence electrons. The smallest absolute Gasteiger partial charge is 0.341 e. The average molecular weight is 318 g/mol. The van der Waals surface area contributed by atoms with Gasteiger partial charge in [0.1, 0.15) is 11.6 Å². The molecule has 1 aromatic rings. The molecule has 1 aliphatic heterocycles. The van der Waals surface area contributed by atoms with Crippen molar-refractivity contribution in [3.63, 3.8) is 0 Å². The van der Waals surface area contributed by atoms with E-state index in [1.54, 1.807) is 0 Å². The number of anilines is 1. The van der Waals surface area contributed by atoms with Crippen LogP contribution in [0.5, 0.6) is 0 Å². The van der Waals surface area contributed by atoms with Gasteiger partial charge in [-0.05, 0) is 12.1 Å². The van der Waals surface area contributed by atoms with E-state index in [4.69, 9.17) is 0 Å². The molecule has 6 nitrogen and oxygen atoms in total. The van der Waals surface area contributed by atoms with Crippen molar-refractivity contribution in [3.05, 3.63) is 29.8 Å². The van der Waals surface area contributed by atoms with Crippen molar-refractivity contribution in [2.45, 2.75) is 33.9 Å². The van der Waals surface area contributed by atoms with Crippen molar-refractivity contribution in [1.82, 2.24) is 5.48 Å². The van der Waals surface area contributed by atoms with Crippen molar-refractivity contribution in [2.24, 2.45) is 5.92 Å². The number of aliphatic hydroxyl groups excluding tert-OH is 1. The zero-order chi connectivity index (χ0) is 17.3. The van der Waals surface area contributed by atoms with Crippen LogP contribution in [0.2, 0.25) is 0 Å². The quantitative estimate of drug-likeness (QED) is 0.726. The summed E-state index contributed by atoms with van der Waals surface area (Å²) in [6.45, 7) is 8.00. The van der Waals surface area contributed by atoms with E-state index in [9.17, 15) is 23.5 Å². The van der Waals surface area contributed by atoms with Gasteiger partial charge < -0.3 is 15.3 Å². The first kappa shape index (κ1) is 19.9. The summed E-state index contributed by atoms with van der Waals surface area (Å²) in [5, 5.41) is 11.4. The van der Waals surface area contributed by atoms with Gasteiger partial charge in [0.25, 0.3) is 0 Å². The van der Waals surface area contributed by atoms with E-state index >= 15 is 0 Å². The highest BCUT2D eigenvalue weighted by Crippen LogP contribution is 2.17. The van der Waals surface area contributed by atoms with E-state index in [1.165, 1.54) is 0 Å². The minimum atomic E-state index is -1.50. The summed E-state index contributed by atoms with van der Waals surface area (Å²) in [6.07, 6.45) is -1.50. The largest absolute Gasteiger partial charge is 0.374 e. The van der Waals surface area contributed by atoms with Gasteiger partial charge in [-0.15, -0.1) is 5.48 Å². The number of hydrogen-bond donors (Lipinski definition) is 3. The monoisotopic (exact) mass is 318 g/mol. The van der Waals surface area contributed by atoms with Gasteiger partial charge in [0.15, 0.2) is 12.1 Å². The molecule has 1 fully saturated rings. The fourth-order valence-corrected chi connectivity index (χ4v) is 1.48. The third-order valence-electron chi connectivity index (χ3n) is 2.26. The molecule has 3 N–H and O–H groups in total. The minimum Gasteiger partial charge on any atom is -0.374 e. The van der Waals surface area contributed by atoms with E-state index in [2.05, 4.69) is 10.2 Å². The summed E-state index contributed by atoms with van der Waals surface area (Å²) in [6, 6.07) is 2.39. The molecule has 1 saturated heterocycles. The number of nitrogens with one attached hydrogen (secondary N) is 2. The summed E-state index contributed by atoms with van der Waals surface area (Å²) in [4.78, 5) is 26.9. The van der Waals surface area contributed by atoms with Crippen LogP contribution in [0.1, 0.15) is 27.7 Å². The molecule has 0 spiro atoms. The predicted molar refractivity (Wildman–Crippen MR) is 76.4 cm³/mol. The lowest BCUT2D eigenvalue weighted by molar-refractivity contribution is -0.147. The lowest BCUT2D eigenvalue weighted by Gasteiger charge is -2.10. The number of carbonyl (C=O) groups is 2. The molecular formula is C14H20F2N2O4. The van der Waals surface area contributed by atoms with Crippen LogP contribution < -0.4 is 10.8 Å². The van der Waals surface area contributed by atoms with E-state index in [0.29, 0.717) is 6.07 Å². The highest BCUT2D eigenvalue weighted by atomic mass is 19.1. The lowest BCUT2D eigenvalue weighted by atomic mass is 10.1. The normalized spacial score (nSPS) is 19.1. The molecule has 0 radical (unpaired) electrons. The maximum absolute atomic E-state index is 12.9. The van der Waals surface area contributed by atoms with Crippen LogP contribution in [-0.2, 0) is 14.4 Å². The third kappa shape index (κ3) is 5.38. The molecule has 2 rings (SSSR count). The molecule has 2 unspecified atom stereocenters. The predicted octanol–water partition coefficient (Wildman–Crippen LogP) is 1.95. The highest BCUT2D eigenvalue weighted by molar-refractivity contribution is 6.05. The first-order valence-electron chi connectivity index (χ1n) is 6.88. The van der Waals surface area contributed by atoms with Gasteiger partial charge in [0.05, 0.1) is 0 Å². The topological polar surface area (TPSA) is 87.7 Å². The zero-order valence-corrected chi connectivity index (χ0v) is 12.8. The first-order chi connectivity index (χ1) is 10.5. The molecule has 0 aliphatic carbocycles. The van der Waals surface area contributed by atoms with Gasteiger partial charge in [0.2, 0.25) is 5.91 Å². The Labute approximate surface area is 127 Å².